The first-order chi connectivity index (χ1) is 9.73. The maximum Gasteiger partial charge on any atom is 0.253 e. The van der Waals surface area contributed by atoms with Crippen molar-refractivity contribution < 1.29 is 9.59 Å². The van der Waals surface area contributed by atoms with Crippen LogP contribution < -0.4 is 21.9 Å². The number of amides is 2. The number of carbonyl (C=O) groups excluding carboxylic acids is 2. The number of hydrogen-bond acceptors (Lipinski definition) is 4. The number of rotatable bonds is 5. The molecule has 0 aromatic heterocycles. The van der Waals surface area contributed by atoms with Gasteiger partial charge in [0.15, 0.2) is 0 Å². The van der Waals surface area contributed by atoms with Crippen molar-refractivity contribution in [2.24, 2.45) is 5.84 Å². The zero-order valence-electron chi connectivity index (χ0n) is 12.4. The predicted molar refractivity (Wildman–Crippen MR) is 84.1 cm³/mol. The molecule has 7 heteroatoms. The summed E-state index contributed by atoms with van der Waals surface area (Å²) in [5.41, 5.74) is 2.95. The molecule has 0 saturated heterocycles. The third kappa shape index (κ3) is 6.01. The topological polar surface area (TPSA) is 96.2 Å². The lowest BCUT2D eigenvalue weighted by molar-refractivity contribution is -0.122. The average Bonchev–Trinajstić information content (AvgIpc) is 2.36. The number of halogens is 1. The third-order valence-electron chi connectivity index (χ3n) is 2.53. The highest BCUT2D eigenvalue weighted by atomic mass is 35.5. The fraction of sp³-hybridized carbons (Fsp3) is 0.429. The normalized spacial score (nSPS) is 10.9. The van der Waals surface area contributed by atoms with Crippen LogP contribution in [0, 0.1) is 0 Å². The monoisotopic (exact) mass is 312 g/mol. The van der Waals surface area contributed by atoms with E-state index in [4.69, 9.17) is 17.4 Å². The van der Waals surface area contributed by atoms with Gasteiger partial charge in [-0.3, -0.25) is 15.4 Å². The molecule has 0 fully saturated rings. The number of nitrogens with one attached hydrogen (secondary N) is 3. The molecule has 2 amide bonds. The van der Waals surface area contributed by atoms with E-state index in [0.29, 0.717) is 16.3 Å². The lowest BCUT2D eigenvalue weighted by Gasteiger charge is -2.20. The molecule has 116 valence electrons. The van der Waals surface area contributed by atoms with Gasteiger partial charge in [-0.25, -0.2) is 0 Å². The van der Waals surface area contributed by atoms with E-state index in [1.165, 1.54) is 6.07 Å². The average molecular weight is 313 g/mol. The van der Waals surface area contributed by atoms with Gasteiger partial charge in [0, 0.05) is 23.5 Å². The maximum absolute atomic E-state index is 12.0. The zero-order chi connectivity index (χ0) is 16.0. The van der Waals surface area contributed by atoms with Crippen LogP contribution in [0.1, 0.15) is 37.6 Å². The summed E-state index contributed by atoms with van der Waals surface area (Å²) < 4.78 is 0. The molecule has 0 heterocycles. The van der Waals surface area contributed by atoms with Crippen molar-refractivity contribution in [2.45, 2.75) is 32.7 Å². The van der Waals surface area contributed by atoms with Crippen LogP contribution in [0.5, 0.6) is 0 Å². The predicted octanol–water partition coefficient (Wildman–Crippen LogP) is 1.66. The van der Waals surface area contributed by atoms with E-state index in [1.54, 1.807) is 12.1 Å². The lowest BCUT2D eigenvalue weighted by Crippen LogP contribution is -2.42. The van der Waals surface area contributed by atoms with Gasteiger partial charge in [-0.1, -0.05) is 11.6 Å². The second kappa shape index (κ2) is 7.28. The minimum atomic E-state index is -0.339. The quantitative estimate of drug-likeness (QED) is 0.491. The minimum absolute atomic E-state index is 0.119. The lowest BCUT2D eigenvalue weighted by atomic mass is 10.1. The highest BCUT2D eigenvalue weighted by Crippen LogP contribution is 2.19. The van der Waals surface area contributed by atoms with Crippen LogP contribution in [0.2, 0.25) is 5.02 Å². The summed E-state index contributed by atoms with van der Waals surface area (Å²) in [6.45, 7) is 5.93. The van der Waals surface area contributed by atoms with E-state index in [1.807, 2.05) is 20.8 Å². The fourth-order valence-corrected chi connectivity index (χ4v) is 1.87. The SMILES string of the molecule is CC(C)(C)NC(=O)CCNC(=O)c1cc(Cl)ccc1NN. The van der Waals surface area contributed by atoms with E-state index in [2.05, 4.69) is 16.1 Å². The number of nitrogen functional groups attached to an aromatic ring is 1. The van der Waals surface area contributed by atoms with Crippen molar-refractivity contribution in [1.82, 2.24) is 10.6 Å². The first kappa shape index (κ1) is 17.3. The Hall–Kier alpha value is -1.79. The number of benzene rings is 1. The largest absolute Gasteiger partial charge is 0.351 e. The van der Waals surface area contributed by atoms with Crippen molar-refractivity contribution in [3.8, 4) is 0 Å². The molecule has 1 aromatic carbocycles. The molecule has 0 aliphatic carbocycles. The van der Waals surface area contributed by atoms with Crippen molar-refractivity contribution in [3.63, 3.8) is 0 Å². The molecule has 21 heavy (non-hydrogen) atoms. The van der Waals surface area contributed by atoms with E-state index >= 15 is 0 Å². The Morgan fingerprint density at radius 2 is 1.95 bits per heavy atom. The van der Waals surface area contributed by atoms with Crippen LogP contribution >= 0.6 is 11.6 Å². The second-order valence-electron chi connectivity index (χ2n) is 5.64. The maximum atomic E-state index is 12.0. The van der Waals surface area contributed by atoms with Gasteiger partial charge < -0.3 is 16.1 Å². The highest BCUT2D eigenvalue weighted by Gasteiger charge is 2.15. The molecule has 0 saturated carbocycles. The number of hydrogen-bond donors (Lipinski definition) is 4. The number of hydrazine groups is 1. The summed E-state index contributed by atoms with van der Waals surface area (Å²) >= 11 is 5.86. The summed E-state index contributed by atoms with van der Waals surface area (Å²) in [7, 11) is 0. The molecule has 0 aliphatic rings. The molecule has 0 bridgehead atoms. The van der Waals surface area contributed by atoms with Gasteiger partial charge in [-0.2, -0.15) is 0 Å². The minimum Gasteiger partial charge on any atom is -0.351 e. The smallest absolute Gasteiger partial charge is 0.253 e. The first-order valence-corrected chi connectivity index (χ1v) is 6.96. The molecular weight excluding hydrogens is 292 g/mol. The molecular formula is C14H21ClN4O2. The summed E-state index contributed by atoms with van der Waals surface area (Å²) in [5.74, 6) is 4.89. The van der Waals surface area contributed by atoms with Crippen LogP contribution in [-0.4, -0.2) is 23.9 Å². The van der Waals surface area contributed by atoms with E-state index in [-0.39, 0.29) is 30.3 Å². The van der Waals surface area contributed by atoms with Crippen LogP contribution in [0.4, 0.5) is 5.69 Å². The molecule has 0 aliphatic heterocycles. The third-order valence-corrected chi connectivity index (χ3v) is 2.77. The first-order valence-electron chi connectivity index (χ1n) is 6.58. The van der Waals surface area contributed by atoms with Gasteiger partial charge in [0.25, 0.3) is 5.91 Å². The van der Waals surface area contributed by atoms with Crippen LogP contribution in [0.3, 0.4) is 0 Å². The van der Waals surface area contributed by atoms with Crippen molar-refractivity contribution >= 4 is 29.1 Å². The molecule has 5 N–H and O–H groups in total. The standard InChI is InChI=1S/C14H21ClN4O2/c1-14(2,3)18-12(20)6-7-17-13(21)10-8-9(15)4-5-11(10)19-16/h4-5,8,19H,6-7,16H2,1-3H3,(H,17,21)(H,18,20). The molecule has 6 nitrogen and oxygen atoms in total. The number of nitrogens with two attached hydrogens (primary N) is 1. The van der Waals surface area contributed by atoms with Gasteiger partial charge in [-0.15, -0.1) is 0 Å². The molecule has 1 aromatic rings. The Bertz CT molecular complexity index is 526. The van der Waals surface area contributed by atoms with Crippen molar-refractivity contribution in [1.29, 1.82) is 0 Å². The Kier molecular flexibility index (Phi) is 5.99. The number of carbonyl (C=O) groups is 2. The Labute approximate surface area is 129 Å². The van der Waals surface area contributed by atoms with E-state index in [0.717, 1.165) is 0 Å². The van der Waals surface area contributed by atoms with E-state index < -0.39 is 0 Å². The summed E-state index contributed by atoms with van der Waals surface area (Å²) in [4.78, 5) is 23.7. The highest BCUT2D eigenvalue weighted by molar-refractivity contribution is 6.31. The summed E-state index contributed by atoms with van der Waals surface area (Å²) in [6.07, 6.45) is 0.203. The Balaban J connectivity index is 2.55. The van der Waals surface area contributed by atoms with Crippen LogP contribution in [0.25, 0.3) is 0 Å². The van der Waals surface area contributed by atoms with E-state index in [9.17, 15) is 9.59 Å². The van der Waals surface area contributed by atoms with Crippen LogP contribution in [0.15, 0.2) is 18.2 Å². The molecule has 1 rings (SSSR count). The molecule has 0 atom stereocenters. The van der Waals surface area contributed by atoms with Crippen molar-refractivity contribution in [3.05, 3.63) is 28.8 Å². The Morgan fingerprint density at radius 1 is 1.29 bits per heavy atom. The van der Waals surface area contributed by atoms with Crippen molar-refractivity contribution in [2.75, 3.05) is 12.0 Å². The van der Waals surface area contributed by atoms with Gasteiger partial charge in [0.1, 0.15) is 0 Å². The summed E-state index contributed by atoms with van der Waals surface area (Å²) in [6, 6.07) is 4.76. The Morgan fingerprint density at radius 3 is 2.52 bits per heavy atom. The molecule has 0 radical (unpaired) electrons. The molecule has 0 spiro atoms. The fourth-order valence-electron chi connectivity index (χ4n) is 1.70. The van der Waals surface area contributed by atoms with Crippen LogP contribution in [-0.2, 0) is 4.79 Å². The zero-order valence-corrected chi connectivity index (χ0v) is 13.2. The summed E-state index contributed by atoms with van der Waals surface area (Å²) in [5, 5.41) is 5.92. The van der Waals surface area contributed by atoms with Gasteiger partial charge >= 0.3 is 0 Å². The van der Waals surface area contributed by atoms with Gasteiger partial charge in [-0.05, 0) is 39.0 Å². The van der Waals surface area contributed by atoms with Gasteiger partial charge in [0.2, 0.25) is 5.91 Å². The molecule has 0 unspecified atom stereocenters. The van der Waals surface area contributed by atoms with Gasteiger partial charge in [0.05, 0.1) is 11.3 Å². The number of anilines is 1. The second-order valence-corrected chi connectivity index (χ2v) is 6.07.